The number of hydrogen-bond donors (Lipinski definition) is 0. The summed E-state index contributed by atoms with van der Waals surface area (Å²) >= 11 is 0. The van der Waals surface area contributed by atoms with Crippen molar-refractivity contribution in [1.29, 1.82) is 0 Å². The molecule has 9 nitrogen and oxygen atoms in total. The minimum atomic E-state index is -3.22. The van der Waals surface area contributed by atoms with E-state index in [2.05, 4.69) is 15.2 Å². The molecule has 26 heavy (non-hydrogen) atoms. The van der Waals surface area contributed by atoms with Crippen LogP contribution in [0.5, 0.6) is 0 Å². The van der Waals surface area contributed by atoms with Crippen LogP contribution in [0.2, 0.25) is 0 Å². The number of ether oxygens (including phenoxy) is 1. The van der Waals surface area contributed by atoms with Gasteiger partial charge in [0.1, 0.15) is 11.5 Å². The summed E-state index contributed by atoms with van der Waals surface area (Å²) in [5.74, 6) is 1.47. The average Bonchev–Trinajstić information content (AvgIpc) is 3.23. The van der Waals surface area contributed by atoms with Crippen molar-refractivity contribution in [1.82, 2.24) is 24.2 Å². The van der Waals surface area contributed by atoms with Gasteiger partial charge in [0.15, 0.2) is 0 Å². The van der Waals surface area contributed by atoms with Gasteiger partial charge in [0.2, 0.25) is 10.0 Å². The van der Waals surface area contributed by atoms with Crippen LogP contribution in [-0.4, -0.2) is 65.1 Å². The molecule has 0 saturated carbocycles. The van der Waals surface area contributed by atoms with Crippen LogP contribution in [0.3, 0.4) is 0 Å². The van der Waals surface area contributed by atoms with Crippen LogP contribution in [0, 0.1) is 0 Å². The molecule has 0 amide bonds. The van der Waals surface area contributed by atoms with E-state index in [1.54, 1.807) is 13.2 Å². The second-order valence-electron chi connectivity index (χ2n) is 7.00. The number of piperidine rings is 1. The first-order valence-electron chi connectivity index (χ1n) is 8.62. The monoisotopic (exact) mass is 381 g/mol. The maximum Gasteiger partial charge on any atom is 0.211 e. The fourth-order valence-electron chi connectivity index (χ4n) is 3.54. The van der Waals surface area contributed by atoms with E-state index in [9.17, 15) is 8.42 Å². The maximum absolute atomic E-state index is 11.5. The minimum absolute atomic E-state index is 0.167. The fraction of sp³-hybridized carbons (Fsp3) is 0.625. The molecule has 1 saturated heterocycles. The highest BCUT2D eigenvalue weighted by Crippen LogP contribution is 2.30. The molecule has 0 aromatic carbocycles. The highest BCUT2D eigenvalue weighted by atomic mass is 32.2. The van der Waals surface area contributed by atoms with Gasteiger partial charge in [-0.25, -0.2) is 13.1 Å². The van der Waals surface area contributed by atoms with Crippen LogP contribution in [0.25, 0.3) is 0 Å². The first kappa shape index (κ1) is 17.7. The summed E-state index contributed by atoms with van der Waals surface area (Å²) in [4.78, 5) is 2.31. The third-order valence-corrected chi connectivity index (χ3v) is 6.32. The lowest BCUT2D eigenvalue weighted by molar-refractivity contribution is -0.0677. The van der Waals surface area contributed by atoms with E-state index in [1.807, 2.05) is 16.8 Å². The zero-order chi connectivity index (χ0) is 18.3. The van der Waals surface area contributed by atoms with Gasteiger partial charge in [-0.3, -0.25) is 4.90 Å². The number of hydrogen-bond acceptors (Lipinski definition) is 7. The molecule has 10 heteroatoms. The van der Waals surface area contributed by atoms with E-state index in [1.165, 1.54) is 10.6 Å². The van der Waals surface area contributed by atoms with E-state index in [0.717, 1.165) is 31.0 Å². The normalized spacial score (nSPS) is 23.8. The van der Waals surface area contributed by atoms with E-state index in [0.29, 0.717) is 18.9 Å². The third kappa shape index (κ3) is 3.54. The zero-order valence-electron chi connectivity index (χ0n) is 14.9. The lowest BCUT2D eigenvalue weighted by Gasteiger charge is -2.40. The van der Waals surface area contributed by atoms with Crippen LogP contribution in [0.15, 0.2) is 22.7 Å². The lowest BCUT2D eigenvalue weighted by Crippen LogP contribution is -2.47. The Morgan fingerprint density at radius 1 is 1.35 bits per heavy atom. The molecule has 4 rings (SSSR count). The standard InChI is InChI=1S/C16H23N5O4S/c1-19(26(2,22)23)8-13-3-4-14(25-13)9-20-6-5-16-15(10-20)21-12(11-24-16)7-17-18-21/h3-4,7,15-16H,5-6,8-11H2,1-2H3. The Morgan fingerprint density at radius 2 is 2.15 bits per heavy atom. The lowest BCUT2D eigenvalue weighted by atomic mass is 10.0. The molecule has 0 N–H and O–H groups in total. The minimum Gasteiger partial charge on any atom is -0.463 e. The molecule has 2 aliphatic heterocycles. The Morgan fingerprint density at radius 3 is 2.96 bits per heavy atom. The third-order valence-electron chi connectivity index (χ3n) is 5.05. The Bertz CT molecular complexity index is 877. The molecule has 0 radical (unpaired) electrons. The van der Waals surface area contributed by atoms with Gasteiger partial charge in [-0.2, -0.15) is 4.31 Å². The van der Waals surface area contributed by atoms with E-state index in [-0.39, 0.29) is 18.7 Å². The van der Waals surface area contributed by atoms with Crippen LogP contribution >= 0.6 is 0 Å². The molecule has 142 valence electrons. The van der Waals surface area contributed by atoms with Gasteiger partial charge in [-0.1, -0.05) is 5.21 Å². The van der Waals surface area contributed by atoms with Crippen LogP contribution in [-0.2, 0) is 34.5 Å². The fourth-order valence-corrected chi connectivity index (χ4v) is 3.90. The van der Waals surface area contributed by atoms with E-state index < -0.39 is 10.0 Å². The van der Waals surface area contributed by atoms with Crippen molar-refractivity contribution in [2.75, 3.05) is 26.4 Å². The zero-order valence-corrected chi connectivity index (χ0v) is 15.7. The molecule has 2 atom stereocenters. The Labute approximate surface area is 152 Å². The molecule has 2 aromatic heterocycles. The SMILES string of the molecule is CN(Cc1ccc(CN2CCC3OCc4cnnn4C3C2)o1)S(C)(=O)=O. The van der Waals surface area contributed by atoms with Gasteiger partial charge in [-0.15, -0.1) is 5.10 Å². The highest BCUT2D eigenvalue weighted by Gasteiger charge is 2.36. The van der Waals surface area contributed by atoms with Gasteiger partial charge in [0, 0.05) is 20.1 Å². The molecule has 1 fully saturated rings. The topological polar surface area (TPSA) is 93.7 Å². The molecule has 0 bridgehead atoms. The van der Waals surface area contributed by atoms with Gasteiger partial charge < -0.3 is 9.15 Å². The van der Waals surface area contributed by atoms with Crippen LogP contribution < -0.4 is 0 Å². The second-order valence-corrected chi connectivity index (χ2v) is 9.09. The molecule has 0 spiro atoms. The quantitative estimate of drug-likeness (QED) is 0.749. The number of fused-ring (bicyclic) bond motifs is 3. The van der Waals surface area contributed by atoms with E-state index in [4.69, 9.17) is 9.15 Å². The maximum atomic E-state index is 11.5. The number of sulfonamides is 1. The second kappa shape index (κ2) is 6.76. The van der Waals surface area contributed by atoms with E-state index >= 15 is 0 Å². The summed E-state index contributed by atoms with van der Waals surface area (Å²) in [7, 11) is -1.68. The largest absolute Gasteiger partial charge is 0.463 e. The van der Waals surface area contributed by atoms with Gasteiger partial charge in [-0.05, 0) is 18.6 Å². The molecule has 2 unspecified atom stereocenters. The summed E-state index contributed by atoms with van der Waals surface area (Å²) in [5, 5.41) is 8.21. The molecule has 4 heterocycles. The van der Waals surface area contributed by atoms with Crippen molar-refractivity contribution in [2.45, 2.75) is 38.3 Å². The van der Waals surface area contributed by atoms with Crippen molar-refractivity contribution in [3.05, 3.63) is 35.5 Å². The first-order chi connectivity index (χ1) is 12.4. The number of likely N-dealkylation sites (tertiary alicyclic amines) is 1. The molecular formula is C16H23N5O4S. The first-order valence-corrected chi connectivity index (χ1v) is 10.5. The number of aromatic nitrogens is 3. The molecular weight excluding hydrogens is 358 g/mol. The Kier molecular flexibility index (Phi) is 4.59. The number of rotatable bonds is 5. The summed E-state index contributed by atoms with van der Waals surface area (Å²) in [6.07, 6.45) is 4.06. The summed E-state index contributed by atoms with van der Waals surface area (Å²) in [6.45, 7) is 3.23. The van der Waals surface area contributed by atoms with Crippen LogP contribution in [0.1, 0.15) is 29.7 Å². The number of furan rings is 1. The average molecular weight is 381 g/mol. The Balaban J connectivity index is 1.40. The molecule has 2 aromatic rings. The summed E-state index contributed by atoms with van der Waals surface area (Å²) in [5.41, 5.74) is 1.01. The van der Waals surface area contributed by atoms with Crippen molar-refractivity contribution >= 4 is 10.0 Å². The predicted molar refractivity (Wildman–Crippen MR) is 92.5 cm³/mol. The molecule has 0 aliphatic carbocycles. The highest BCUT2D eigenvalue weighted by molar-refractivity contribution is 7.88. The number of nitrogens with zero attached hydrogens (tertiary/aromatic N) is 5. The van der Waals surface area contributed by atoms with Crippen molar-refractivity contribution in [2.24, 2.45) is 0 Å². The summed E-state index contributed by atoms with van der Waals surface area (Å²) in [6, 6.07) is 3.92. The van der Waals surface area contributed by atoms with Crippen molar-refractivity contribution < 1.29 is 17.6 Å². The van der Waals surface area contributed by atoms with Crippen LogP contribution in [0.4, 0.5) is 0 Å². The Hall–Kier alpha value is -1.75. The van der Waals surface area contributed by atoms with Gasteiger partial charge in [0.25, 0.3) is 0 Å². The van der Waals surface area contributed by atoms with Crippen molar-refractivity contribution in [3.63, 3.8) is 0 Å². The van der Waals surface area contributed by atoms with Gasteiger partial charge in [0.05, 0.1) is 50.0 Å². The smallest absolute Gasteiger partial charge is 0.211 e. The predicted octanol–water partition coefficient (Wildman–Crippen LogP) is 0.608. The van der Waals surface area contributed by atoms with Gasteiger partial charge >= 0.3 is 0 Å². The summed E-state index contributed by atoms with van der Waals surface area (Å²) < 4.78 is 38.1. The molecule has 2 aliphatic rings. The van der Waals surface area contributed by atoms with Crippen molar-refractivity contribution in [3.8, 4) is 0 Å².